The highest BCUT2D eigenvalue weighted by atomic mass is 16.8. The predicted octanol–water partition coefficient (Wildman–Crippen LogP) is 1.90. The molecule has 0 saturated carbocycles. The summed E-state index contributed by atoms with van der Waals surface area (Å²) in [5.74, 6) is -1.75. The summed E-state index contributed by atoms with van der Waals surface area (Å²) in [5.41, 5.74) is 1.06. The molecule has 0 bridgehead atoms. The van der Waals surface area contributed by atoms with Crippen LogP contribution in [0.15, 0.2) is 30.3 Å². The van der Waals surface area contributed by atoms with E-state index in [1.54, 1.807) is 5.06 Å². The fraction of sp³-hybridized carbons (Fsp3) is 0.720. The highest BCUT2D eigenvalue weighted by molar-refractivity contribution is 5.72. The molecule has 0 amide bonds. The Morgan fingerprint density at radius 3 is 2.46 bits per heavy atom. The second kappa shape index (κ2) is 8.74. The lowest BCUT2D eigenvalue weighted by Gasteiger charge is -2.33. The van der Waals surface area contributed by atoms with E-state index in [-0.39, 0.29) is 30.6 Å². The van der Waals surface area contributed by atoms with Crippen LogP contribution >= 0.6 is 0 Å². The van der Waals surface area contributed by atoms with Crippen LogP contribution in [0.2, 0.25) is 0 Å². The van der Waals surface area contributed by atoms with Crippen molar-refractivity contribution in [2.75, 3.05) is 13.2 Å². The van der Waals surface area contributed by atoms with Crippen molar-refractivity contribution in [1.29, 1.82) is 0 Å². The monoisotopic (exact) mass is 491 g/mol. The van der Waals surface area contributed by atoms with E-state index in [2.05, 4.69) is 0 Å². The van der Waals surface area contributed by atoms with Crippen LogP contribution in [-0.2, 0) is 49.4 Å². The van der Waals surface area contributed by atoms with Gasteiger partial charge in [0.05, 0.1) is 26.2 Å². The van der Waals surface area contributed by atoms with Gasteiger partial charge in [0.1, 0.15) is 36.6 Å². The van der Waals surface area contributed by atoms with Crippen LogP contribution in [0.25, 0.3) is 0 Å². The van der Waals surface area contributed by atoms with Crippen LogP contribution in [-0.4, -0.2) is 84.7 Å². The van der Waals surface area contributed by atoms with Gasteiger partial charge in [-0.15, -0.1) is 5.06 Å². The quantitative estimate of drug-likeness (QED) is 0.549. The number of rotatable bonds is 6. The average Bonchev–Trinajstić information content (AvgIpc) is 3.56. The highest BCUT2D eigenvalue weighted by Gasteiger charge is 2.64. The normalized spacial score (nSPS) is 41.8. The fourth-order valence-electron chi connectivity index (χ4n) is 5.64. The lowest BCUT2D eigenvalue weighted by atomic mass is 10.0. The zero-order valence-electron chi connectivity index (χ0n) is 20.5. The summed E-state index contributed by atoms with van der Waals surface area (Å²) < 4.78 is 42.7. The summed E-state index contributed by atoms with van der Waals surface area (Å²) in [6, 6.07) is 9.57. The smallest absolute Gasteiger partial charge is 0.309 e. The molecular weight excluding hydrogens is 458 g/mol. The third kappa shape index (κ3) is 4.51. The zero-order valence-corrected chi connectivity index (χ0v) is 20.5. The predicted molar refractivity (Wildman–Crippen MR) is 118 cm³/mol. The van der Waals surface area contributed by atoms with E-state index in [0.29, 0.717) is 19.8 Å². The van der Waals surface area contributed by atoms with Crippen LogP contribution in [0.5, 0.6) is 0 Å². The van der Waals surface area contributed by atoms with Crippen molar-refractivity contribution >= 4 is 5.97 Å². The van der Waals surface area contributed by atoms with Gasteiger partial charge in [-0.25, -0.2) is 0 Å². The van der Waals surface area contributed by atoms with Crippen LogP contribution in [0, 0.1) is 0 Å². The maximum Gasteiger partial charge on any atom is 0.309 e. The molecule has 1 aromatic carbocycles. The molecule has 5 aliphatic heterocycles. The summed E-state index contributed by atoms with van der Waals surface area (Å²) in [4.78, 5) is 18.3. The van der Waals surface area contributed by atoms with Gasteiger partial charge in [0.25, 0.3) is 0 Å². The molecule has 10 heteroatoms. The van der Waals surface area contributed by atoms with Gasteiger partial charge in [-0.05, 0) is 33.3 Å². The molecule has 35 heavy (non-hydrogen) atoms. The summed E-state index contributed by atoms with van der Waals surface area (Å²) in [7, 11) is 0. The van der Waals surface area contributed by atoms with Gasteiger partial charge in [-0.2, -0.15) is 0 Å². The van der Waals surface area contributed by atoms with Crippen molar-refractivity contribution in [2.24, 2.45) is 0 Å². The Balaban J connectivity index is 1.22. The van der Waals surface area contributed by atoms with Crippen molar-refractivity contribution in [3.8, 4) is 0 Å². The Kier molecular flexibility index (Phi) is 5.93. The number of carbonyl (C=O) groups is 1. The van der Waals surface area contributed by atoms with Crippen LogP contribution < -0.4 is 0 Å². The minimum atomic E-state index is -0.786. The van der Waals surface area contributed by atoms with Crippen molar-refractivity contribution in [2.45, 2.75) is 101 Å². The van der Waals surface area contributed by atoms with Crippen LogP contribution in [0.3, 0.4) is 0 Å². The number of benzene rings is 1. The first-order valence-corrected chi connectivity index (χ1v) is 12.3. The maximum atomic E-state index is 12.0. The maximum absolute atomic E-state index is 12.0. The summed E-state index contributed by atoms with van der Waals surface area (Å²) in [6.45, 7) is 8.66. The van der Waals surface area contributed by atoms with E-state index < -0.39 is 42.2 Å². The Morgan fingerprint density at radius 1 is 0.943 bits per heavy atom. The Bertz CT molecular complexity index is 940. The SMILES string of the molecule is CC1(C)O[C@H]2[C@@H]([C@@H]3COC(C)(C)O3)O[C@H](N3O[C@@H]4CC(=O)O[C@@H]4[C@H]3COCc3ccccc3)[C@H]2O1. The number of hydrogen-bond donors (Lipinski definition) is 0. The molecule has 5 saturated heterocycles. The number of fused-ring (bicyclic) bond motifs is 2. The topological polar surface area (TPSA) is 94.2 Å². The van der Waals surface area contributed by atoms with E-state index in [0.717, 1.165) is 5.56 Å². The molecule has 10 nitrogen and oxygen atoms in total. The molecule has 0 aliphatic carbocycles. The number of nitrogens with zero attached hydrogens (tertiary/aromatic N) is 1. The second-order valence-electron chi connectivity index (χ2n) is 10.7. The van der Waals surface area contributed by atoms with E-state index in [9.17, 15) is 4.79 Å². The molecule has 0 aromatic heterocycles. The minimum Gasteiger partial charge on any atom is -0.458 e. The second-order valence-corrected chi connectivity index (χ2v) is 10.7. The van der Waals surface area contributed by atoms with Gasteiger partial charge in [-0.3, -0.25) is 9.63 Å². The molecule has 6 rings (SSSR count). The highest BCUT2D eigenvalue weighted by Crippen LogP contribution is 2.46. The minimum absolute atomic E-state index is 0.192. The molecular formula is C25H33NO9. The average molecular weight is 492 g/mol. The van der Waals surface area contributed by atoms with Crippen LogP contribution in [0.1, 0.15) is 39.7 Å². The molecule has 5 heterocycles. The van der Waals surface area contributed by atoms with Crippen molar-refractivity contribution in [1.82, 2.24) is 5.06 Å². The molecule has 192 valence electrons. The summed E-state index contributed by atoms with van der Waals surface area (Å²) >= 11 is 0. The van der Waals surface area contributed by atoms with Gasteiger partial charge in [0.2, 0.25) is 0 Å². The Hall–Kier alpha value is -1.63. The Labute approximate surface area is 204 Å². The van der Waals surface area contributed by atoms with E-state index >= 15 is 0 Å². The van der Waals surface area contributed by atoms with Gasteiger partial charge in [0, 0.05) is 0 Å². The molecule has 8 atom stereocenters. The van der Waals surface area contributed by atoms with Crippen molar-refractivity contribution in [3.05, 3.63) is 35.9 Å². The molecule has 5 fully saturated rings. The fourth-order valence-corrected chi connectivity index (χ4v) is 5.64. The third-order valence-corrected chi connectivity index (χ3v) is 7.08. The molecule has 0 spiro atoms. The zero-order chi connectivity index (χ0) is 24.4. The van der Waals surface area contributed by atoms with Crippen molar-refractivity contribution < 1.29 is 42.8 Å². The van der Waals surface area contributed by atoms with Gasteiger partial charge in [-0.1, -0.05) is 30.3 Å². The molecule has 0 unspecified atom stereocenters. The van der Waals surface area contributed by atoms with Crippen molar-refractivity contribution in [3.63, 3.8) is 0 Å². The summed E-state index contributed by atoms with van der Waals surface area (Å²) in [5, 5.41) is 1.76. The van der Waals surface area contributed by atoms with Crippen LogP contribution in [0.4, 0.5) is 0 Å². The number of hydroxylamine groups is 2. The number of carbonyl (C=O) groups excluding carboxylic acids is 1. The summed E-state index contributed by atoms with van der Waals surface area (Å²) in [6.07, 6.45) is -2.75. The molecule has 5 aliphatic rings. The largest absolute Gasteiger partial charge is 0.458 e. The Morgan fingerprint density at radius 2 is 1.71 bits per heavy atom. The number of hydrogen-bond acceptors (Lipinski definition) is 10. The standard InChI is InChI=1S/C25H33NO9/c1-24(2)29-13-17(32-24)20-21-22(34-25(3,4)33-21)23(31-20)26-15(19-16(35-26)10-18(27)30-19)12-28-11-14-8-6-5-7-9-14/h5-9,15-17,19-23H,10-13H2,1-4H3/t15-,16-,17+,19-,20-,21+,22+,23+/m1/s1. The first-order chi connectivity index (χ1) is 16.7. The molecule has 0 N–H and O–H groups in total. The number of ether oxygens (including phenoxy) is 7. The van der Waals surface area contributed by atoms with Gasteiger partial charge in [0.15, 0.2) is 23.9 Å². The molecule has 0 radical (unpaired) electrons. The van der Waals surface area contributed by atoms with Gasteiger partial charge >= 0.3 is 5.97 Å². The van der Waals surface area contributed by atoms with E-state index in [1.807, 2.05) is 58.0 Å². The lowest BCUT2D eigenvalue weighted by molar-refractivity contribution is -0.294. The molecule has 1 aromatic rings. The third-order valence-electron chi connectivity index (χ3n) is 7.08. The lowest BCUT2D eigenvalue weighted by Crippen LogP contribution is -2.50. The number of esters is 1. The first-order valence-electron chi connectivity index (χ1n) is 12.3. The first kappa shape index (κ1) is 23.7. The van der Waals surface area contributed by atoms with E-state index in [4.69, 9.17) is 38.0 Å². The van der Waals surface area contributed by atoms with Gasteiger partial charge < -0.3 is 33.2 Å². The van der Waals surface area contributed by atoms with E-state index in [1.165, 1.54) is 0 Å².